The normalized spacial score (nSPS) is 22.6. The minimum atomic E-state index is 0.514. The van der Waals surface area contributed by atoms with Crippen molar-refractivity contribution in [2.24, 2.45) is 22.6 Å². The molecule has 1 fully saturated rings. The maximum atomic E-state index is 6.00. The molecule has 1 aliphatic rings. The van der Waals surface area contributed by atoms with Crippen LogP contribution in [0.3, 0.4) is 0 Å². The highest BCUT2D eigenvalue weighted by atomic mass is 15.1. The van der Waals surface area contributed by atoms with Crippen LogP contribution in [0.5, 0.6) is 0 Å². The molecule has 1 aromatic carbocycles. The zero-order valence-corrected chi connectivity index (χ0v) is 15.8. The monoisotopic (exact) mass is 330 g/mol. The first-order valence-corrected chi connectivity index (χ1v) is 9.30. The summed E-state index contributed by atoms with van der Waals surface area (Å²) >= 11 is 0. The fourth-order valence-corrected chi connectivity index (χ4v) is 3.86. The Morgan fingerprint density at radius 1 is 1.12 bits per heavy atom. The van der Waals surface area contributed by atoms with Crippen LogP contribution in [0, 0.1) is 25.7 Å². The molecule has 1 heterocycles. The fourth-order valence-electron chi connectivity index (χ4n) is 3.86. The summed E-state index contributed by atoms with van der Waals surface area (Å²) < 4.78 is 0. The molecule has 0 saturated carbocycles. The van der Waals surface area contributed by atoms with Crippen LogP contribution < -0.4 is 11.1 Å². The number of hydrogen-bond donors (Lipinski definition) is 2. The van der Waals surface area contributed by atoms with Gasteiger partial charge in [-0.25, -0.2) is 0 Å². The summed E-state index contributed by atoms with van der Waals surface area (Å²) in [5.41, 5.74) is 9.48. The number of nitrogens with zero attached hydrogens (tertiary/aromatic N) is 2. The average molecular weight is 331 g/mol. The van der Waals surface area contributed by atoms with Crippen molar-refractivity contribution in [1.82, 2.24) is 4.90 Å². The number of rotatable bonds is 6. The Bertz CT molecular complexity index is 522. The van der Waals surface area contributed by atoms with E-state index in [1.807, 2.05) is 0 Å². The quantitative estimate of drug-likeness (QED) is 0.474. The van der Waals surface area contributed by atoms with Crippen LogP contribution in [0.1, 0.15) is 44.2 Å². The minimum Gasteiger partial charge on any atom is -0.370 e. The predicted octanol–water partition coefficient (Wildman–Crippen LogP) is 3.79. The lowest BCUT2D eigenvalue weighted by Crippen LogP contribution is -2.39. The van der Waals surface area contributed by atoms with Crippen LogP contribution in [-0.2, 0) is 0 Å². The number of hydrogen-bond acceptors (Lipinski definition) is 2. The van der Waals surface area contributed by atoms with Crippen LogP contribution in [0.4, 0.5) is 5.69 Å². The van der Waals surface area contributed by atoms with Crippen LogP contribution in [0.25, 0.3) is 0 Å². The highest BCUT2D eigenvalue weighted by molar-refractivity contribution is 5.92. The van der Waals surface area contributed by atoms with E-state index in [0.29, 0.717) is 5.96 Å². The molecule has 0 radical (unpaired) electrons. The highest BCUT2D eigenvalue weighted by Gasteiger charge is 2.20. The van der Waals surface area contributed by atoms with E-state index in [1.54, 1.807) is 0 Å². The third-order valence-corrected chi connectivity index (χ3v) is 4.60. The van der Waals surface area contributed by atoms with E-state index >= 15 is 0 Å². The Morgan fingerprint density at radius 3 is 2.38 bits per heavy atom. The van der Waals surface area contributed by atoms with Crippen molar-refractivity contribution in [2.75, 3.05) is 31.5 Å². The van der Waals surface area contributed by atoms with E-state index < -0.39 is 0 Å². The van der Waals surface area contributed by atoms with Crippen LogP contribution in [0.15, 0.2) is 23.2 Å². The summed E-state index contributed by atoms with van der Waals surface area (Å²) in [7, 11) is 0. The van der Waals surface area contributed by atoms with Crippen molar-refractivity contribution < 1.29 is 0 Å². The van der Waals surface area contributed by atoms with Crippen molar-refractivity contribution in [3.8, 4) is 0 Å². The Kier molecular flexibility index (Phi) is 7.10. The number of benzene rings is 1. The fraction of sp³-hybridized carbons (Fsp3) is 0.650. The zero-order valence-electron chi connectivity index (χ0n) is 15.8. The molecular formula is C20H34N4. The third kappa shape index (κ3) is 6.52. The van der Waals surface area contributed by atoms with E-state index in [4.69, 9.17) is 5.73 Å². The number of aryl methyl sites for hydroxylation is 2. The van der Waals surface area contributed by atoms with Crippen molar-refractivity contribution in [3.63, 3.8) is 0 Å². The summed E-state index contributed by atoms with van der Waals surface area (Å²) in [5.74, 6) is 2.19. The molecule has 4 nitrogen and oxygen atoms in total. The maximum Gasteiger partial charge on any atom is 0.193 e. The highest BCUT2D eigenvalue weighted by Crippen LogP contribution is 2.21. The number of nitrogens with one attached hydrogen (secondary N) is 1. The van der Waals surface area contributed by atoms with Gasteiger partial charge in [0.25, 0.3) is 0 Å². The number of nitrogens with two attached hydrogens (primary N) is 1. The molecule has 0 aromatic heterocycles. The number of unbranched alkanes of at least 4 members (excludes halogenated alkanes) is 1. The Balaban J connectivity index is 1.68. The van der Waals surface area contributed by atoms with Crippen LogP contribution in [0.2, 0.25) is 0 Å². The summed E-state index contributed by atoms with van der Waals surface area (Å²) in [6.07, 6.45) is 3.66. The van der Waals surface area contributed by atoms with Crippen molar-refractivity contribution >= 4 is 11.6 Å². The second-order valence-electron chi connectivity index (χ2n) is 7.68. The Morgan fingerprint density at radius 2 is 1.75 bits per heavy atom. The van der Waals surface area contributed by atoms with Gasteiger partial charge in [-0.05, 0) is 74.8 Å². The molecule has 0 aliphatic carbocycles. The first-order valence-electron chi connectivity index (χ1n) is 9.30. The third-order valence-electron chi connectivity index (χ3n) is 4.60. The lowest BCUT2D eigenvalue weighted by molar-refractivity contribution is 0.139. The number of aliphatic imine (C=N–C) groups is 1. The first kappa shape index (κ1) is 18.8. The molecule has 1 saturated heterocycles. The Hall–Kier alpha value is -1.55. The van der Waals surface area contributed by atoms with Gasteiger partial charge in [0.2, 0.25) is 0 Å². The second kappa shape index (κ2) is 9.07. The van der Waals surface area contributed by atoms with Gasteiger partial charge in [0.15, 0.2) is 5.96 Å². The number of anilines is 1. The van der Waals surface area contributed by atoms with Crippen LogP contribution >= 0.6 is 0 Å². The molecule has 1 aromatic rings. The number of piperidine rings is 1. The molecule has 4 heteroatoms. The summed E-state index contributed by atoms with van der Waals surface area (Å²) in [5, 5.41) is 3.19. The largest absolute Gasteiger partial charge is 0.370 e. The SMILES string of the molecule is Cc1cc(C)cc(NC(N)=NCCCCN2CC(C)CC(C)C2)c1. The average Bonchev–Trinajstić information content (AvgIpc) is 2.44. The molecule has 2 rings (SSSR count). The second-order valence-corrected chi connectivity index (χ2v) is 7.68. The van der Waals surface area contributed by atoms with E-state index in [1.165, 1.54) is 43.6 Å². The predicted molar refractivity (Wildman–Crippen MR) is 105 cm³/mol. The molecule has 0 bridgehead atoms. The molecule has 134 valence electrons. The first-order chi connectivity index (χ1) is 11.4. The summed E-state index contributed by atoms with van der Waals surface area (Å²) in [4.78, 5) is 7.07. The van der Waals surface area contributed by atoms with E-state index in [-0.39, 0.29) is 0 Å². The molecule has 0 spiro atoms. The van der Waals surface area contributed by atoms with Crippen LogP contribution in [-0.4, -0.2) is 37.0 Å². The minimum absolute atomic E-state index is 0.514. The summed E-state index contributed by atoms with van der Waals surface area (Å²) in [6.45, 7) is 13.4. The lowest BCUT2D eigenvalue weighted by Gasteiger charge is -2.34. The van der Waals surface area contributed by atoms with Gasteiger partial charge >= 0.3 is 0 Å². The smallest absolute Gasteiger partial charge is 0.193 e. The van der Waals surface area contributed by atoms with Crippen molar-refractivity contribution in [1.29, 1.82) is 0 Å². The molecule has 1 aliphatic heterocycles. The number of guanidine groups is 1. The molecular weight excluding hydrogens is 296 g/mol. The van der Waals surface area contributed by atoms with Gasteiger partial charge in [0.05, 0.1) is 0 Å². The van der Waals surface area contributed by atoms with E-state index in [2.05, 4.69) is 61.1 Å². The lowest BCUT2D eigenvalue weighted by atomic mass is 9.92. The molecule has 2 unspecified atom stereocenters. The zero-order chi connectivity index (χ0) is 17.5. The molecule has 3 N–H and O–H groups in total. The topological polar surface area (TPSA) is 53.6 Å². The van der Waals surface area contributed by atoms with Gasteiger partial charge in [-0.15, -0.1) is 0 Å². The molecule has 2 atom stereocenters. The number of likely N-dealkylation sites (tertiary alicyclic amines) is 1. The van der Waals surface area contributed by atoms with Gasteiger partial charge < -0.3 is 16.0 Å². The summed E-state index contributed by atoms with van der Waals surface area (Å²) in [6, 6.07) is 6.34. The molecule has 0 amide bonds. The molecule has 24 heavy (non-hydrogen) atoms. The maximum absolute atomic E-state index is 6.00. The van der Waals surface area contributed by atoms with Gasteiger partial charge in [-0.2, -0.15) is 0 Å². The van der Waals surface area contributed by atoms with Gasteiger partial charge in [-0.3, -0.25) is 4.99 Å². The standard InChI is InChI=1S/C20H34N4/c1-15-9-16(2)12-19(11-15)23-20(21)22-7-5-6-8-24-13-17(3)10-18(4)14-24/h9,11-12,17-18H,5-8,10,13-14H2,1-4H3,(H3,21,22,23). The van der Waals surface area contributed by atoms with E-state index in [9.17, 15) is 0 Å². The van der Waals surface area contributed by atoms with Gasteiger partial charge in [0, 0.05) is 25.3 Å². The van der Waals surface area contributed by atoms with E-state index in [0.717, 1.165) is 30.5 Å². The van der Waals surface area contributed by atoms with Gasteiger partial charge in [-0.1, -0.05) is 19.9 Å². The Labute approximate surface area is 147 Å². The van der Waals surface area contributed by atoms with Crippen molar-refractivity contribution in [2.45, 2.75) is 47.0 Å². The van der Waals surface area contributed by atoms with Crippen molar-refractivity contribution in [3.05, 3.63) is 29.3 Å². The van der Waals surface area contributed by atoms with Gasteiger partial charge in [0.1, 0.15) is 0 Å².